The van der Waals surface area contributed by atoms with E-state index < -0.39 is 0 Å². The highest BCUT2D eigenvalue weighted by atomic mass is 16.3. The predicted molar refractivity (Wildman–Crippen MR) is 36.2 cm³/mol. The standard InChI is InChI=1S/C6H5N3O/c7-6-5-2-9-8-1-4(5)3-10-6/h1-3H,7H2. The minimum absolute atomic E-state index is 0.393. The first-order chi connectivity index (χ1) is 4.88. The number of aromatic nitrogens is 2. The van der Waals surface area contributed by atoms with Gasteiger partial charge < -0.3 is 10.2 Å². The minimum Gasteiger partial charge on any atom is -0.448 e. The van der Waals surface area contributed by atoms with Crippen LogP contribution in [0.2, 0.25) is 0 Å². The van der Waals surface area contributed by atoms with Crippen molar-refractivity contribution in [2.45, 2.75) is 0 Å². The van der Waals surface area contributed by atoms with Crippen LogP contribution < -0.4 is 5.73 Å². The smallest absolute Gasteiger partial charge is 0.199 e. The fraction of sp³-hybridized carbons (Fsp3) is 0. The molecule has 0 saturated carbocycles. The lowest BCUT2D eigenvalue weighted by Gasteiger charge is -1.83. The molecule has 0 unspecified atom stereocenters. The molecule has 0 amide bonds. The van der Waals surface area contributed by atoms with Crippen molar-refractivity contribution in [1.82, 2.24) is 10.2 Å². The van der Waals surface area contributed by atoms with Crippen molar-refractivity contribution in [3.05, 3.63) is 18.7 Å². The van der Waals surface area contributed by atoms with Crippen LogP contribution in [0.15, 0.2) is 23.1 Å². The maximum Gasteiger partial charge on any atom is 0.199 e. The third-order valence-electron chi connectivity index (χ3n) is 1.34. The maximum atomic E-state index is 5.44. The summed E-state index contributed by atoms with van der Waals surface area (Å²) in [5.41, 5.74) is 5.44. The highest BCUT2D eigenvalue weighted by Crippen LogP contribution is 2.19. The van der Waals surface area contributed by atoms with Crippen molar-refractivity contribution in [3.8, 4) is 0 Å². The van der Waals surface area contributed by atoms with Gasteiger partial charge in [-0.15, -0.1) is 0 Å². The Balaban J connectivity index is 2.93. The van der Waals surface area contributed by atoms with Gasteiger partial charge in [0, 0.05) is 5.39 Å². The van der Waals surface area contributed by atoms with E-state index in [0.29, 0.717) is 5.88 Å². The first kappa shape index (κ1) is 5.22. The summed E-state index contributed by atoms with van der Waals surface area (Å²) in [7, 11) is 0. The molecule has 2 aromatic heterocycles. The van der Waals surface area contributed by atoms with Crippen LogP contribution in [-0.2, 0) is 0 Å². The molecule has 4 nitrogen and oxygen atoms in total. The third-order valence-corrected chi connectivity index (χ3v) is 1.34. The summed E-state index contributed by atoms with van der Waals surface area (Å²) in [6, 6.07) is 0. The molecular formula is C6H5N3O. The molecule has 0 bridgehead atoms. The Labute approximate surface area is 56.7 Å². The van der Waals surface area contributed by atoms with E-state index in [9.17, 15) is 0 Å². The van der Waals surface area contributed by atoms with Gasteiger partial charge in [-0.3, -0.25) is 0 Å². The molecule has 0 fully saturated rings. The molecule has 0 aliphatic carbocycles. The Hall–Kier alpha value is -1.58. The van der Waals surface area contributed by atoms with Crippen LogP contribution in [0, 0.1) is 0 Å². The zero-order valence-corrected chi connectivity index (χ0v) is 5.11. The second kappa shape index (κ2) is 1.70. The normalized spacial score (nSPS) is 10.4. The largest absolute Gasteiger partial charge is 0.448 e. The molecule has 2 heterocycles. The van der Waals surface area contributed by atoms with Crippen molar-refractivity contribution in [3.63, 3.8) is 0 Å². The summed E-state index contributed by atoms with van der Waals surface area (Å²) >= 11 is 0. The number of nitrogens with two attached hydrogens (primary N) is 1. The molecule has 0 aromatic carbocycles. The van der Waals surface area contributed by atoms with Crippen LogP contribution in [0.1, 0.15) is 0 Å². The molecule has 0 saturated heterocycles. The van der Waals surface area contributed by atoms with E-state index in [4.69, 9.17) is 10.2 Å². The Morgan fingerprint density at radius 2 is 2.10 bits per heavy atom. The lowest BCUT2D eigenvalue weighted by Crippen LogP contribution is -1.82. The molecular weight excluding hydrogens is 130 g/mol. The fourth-order valence-corrected chi connectivity index (χ4v) is 0.821. The molecule has 0 atom stereocenters. The predicted octanol–water partition coefficient (Wildman–Crippen LogP) is 0.805. The fourth-order valence-electron chi connectivity index (χ4n) is 0.821. The van der Waals surface area contributed by atoms with E-state index in [1.807, 2.05) is 0 Å². The average Bonchev–Trinajstić information content (AvgIpc) is 2.34. The lowest BCUT2D eigenvalue weighted by molar-refractivity contribution is 0.592. The SMILES string of the molecule is Nc1occ2cnncc12. The van der Waals surface area contributed by atoms with Gasteiger partial charge in [-0.25, -0.2) is 0 Å². The first-order valence-electron chi connectivity index (χ1n) is 2.81. The quantitative estimate of drug-likeness (QED) is 0.580. The number of rotatable bonds is 0. The third kappa shape index (κ3) is 0.556. The van der Waals surface area contributed by atoms with Crippen LogP contribution in [-0.4, -0.2) is 10.2 Å². The van der Waals surface area contributed by atoms with Gasteiger partial charge in [-0.05, 0) is 0 Å². The molecule has 4 heteroatoms. The lowest BCUT2D eigenvalue weighted by atomic mass is 10.3. The monoisotopic (exact) mass is 135 g/mol. The molecule has 0 radical (unpaired) electrons. The van der Waals surface area contributed by atoms with Crippen molar-refractivity contribution < 1.29 is 4.42 Å². The zero-order chi connectivity index (χ0) is 6.97. The summed E-state index contributed by atoms with van der Waals surface area (Å²) in [6.45, 7) is 0. The Morgan fingerprint density at radius 1 is 1.30 bits per heavy atom. The van der Waals surface area contributed by atoms with Gasteiger partial charge in [0.1, 0.15) is 6.26 Å². The number of hydrogen-bond acceptors (Lipinski definition) is 4. The van der Waals surface area contributed by atoms with Gasteiger partial charge in [0.15, 0.2) is 5.88 Å². The van der Waals surface area contributed by atoms with Gasteiger partial charge in [0.05, 0.1) is 17.8 Å². The molecule has 0 spiro atoms. The molecule has 2 N–H and O–H groups in total. The van der Waals surface area contributed by atoms with Gasteiger partial charge >= 0.3 is 0 Å². The Bertz CT molecular complexity index is 355. The van der Waals surface area contributed by atoms with Crippen LogP contribution in [0.25, 0.3) is 10.8 Å². The van der Waals surface area contributed by atoms with Crippen LogP contribution in [0.4, 0.5) is 5.88 Å². The van der Waals surface area contributed by atoms with Gasteiger partial charge in [-0.2, -0.15) is 10.2 Å². The van der Waals surface area contributed by atoms with E-state index in [-0.39, 0.29) is 0 Å². The van der Waals surface area contributed by atoms with Crippen molar-refractivity contribution in [2.24, 2.45) is 0 Å². The molecule has 10 heavy (non-hydrogen) atoms. The van der Waals surface area contributed by atoms with Crippen molar-refractivity contribution in [1.29, 1.82) is 0 Å². The van der Waals surface area contributed by atoms with Crippen molar-refractivity contribution >= 4 is 16.7 Å². The van der Waals surface area contributed by atoms with Gasteiger partial charge in [-0.1, -0.05) is 0 Å². The van der Waals surface area contributed by atoms with E-state index in [1.54, 1.807) is 18.7 Å². The van der Waals surface area contributed by atoms with Gasteiger partial charge in [0.2, 0.25) is 0 Å². The van der Waals surface area contributed by atoms with E-state index >= 15 is 0 Å². The van der Waals surface area contributed by atoms with E-state index in [2.05, 4.69) is 10.2 Å². The van der Waals surface area contributed by atoms with Crippen LogP contribution in [0.5, 0.6) is 0 Å². The number of hydrogen-bond donors (Lipinski definition) is 1. The summed E-state index contributed by atoms with van der Waals surface area (Å²) in [6.07, 6.45) is 4.74. The van der Waals surface area contributed by atoms with Crippen molar-refractivity contribution in [2.75, 3.05) is 5.73 Å². The molecule has 50 valence electrons. The van der Waals surface area contributed by atoms with E-state index in [1.165, 1.54) is 0 Å². The average molecular weight is 135 g/mol. The number of nitrogens with zero attached hydrogens (tertiary/aromatic N) is 2. The number of furan rings is 1. The minimum atomic E-state index is 0.393. The number of nitrogen functional groups attached to an aromatic ring is 1. The topological polar surface area (TPSA) is 64.9 Å². The molecule has 0 aliphatic heterocycles. The Kier molecular flexibility index (Phi) is 0.887. The molecule has 0 aliphatic rings. The van der Waals surface area contributed by atoms with Crippen LogP contribution >= 0.6 is 0 Å². The highest BCUT2D eigenvalue weighted by Gasteiger charge is 1.99. The number of fused-ring (bicyclic) bond motifs is 1. The summed E-state index contributed by atoms with van der Waals surface area (Å²) in [5.74, 6) is 0.393. The van der Waals surface area contributed by atoms with Gasteiger partial charge in [0.25, 0.3) is 0 Å². The second-order valence-electron chi connectivity index (χ2n) is 1.96. The Morgan fingerprint density at radius 3 is 2.90 bits per heavy atom. The second-order valence-corrected chi connectivity index (χ2v) is 1.96. The summed E-state index contributed by atoms with van der Waals surface area (Å²) in [4.78, 5) is 0. The first-order valence-corrected chi connectivity index (χ1v) is 2.81. The molecule has 2 rings (SSSR count). The zero-order valence-electron chi connectivity index (χ0n) is 5.11. The summed E-state index contributed by atoms with van der Waals surface area (Å²) in [5, 5.41) is 9.01. The molecule has 2 aromatic rings. The summed E-state index contributed by atoms with van der Waals surface area (Å²) < 4.78 is 4.91. The highest BCUT2D eigenvalue weighted by molar-refractivity contribution is 5.88. The number of anilines is 1. The maximum absolute atomic E-state index is 5.44. The van der Waals surface area contributed by atoms with Crippen LogP contribution in [0.3, 0.4) is 0 Å². The van der Waals surface area contributed by atoms with E-state index in [0.717, 1.165) is 10.8 Å².